The zero-order valence-corrected chi connectivity index (χ0v) is 13.4. The molecule has 2 rings (SSSR count). The van der Waals surface area contributed by atoms with Crippen LogP contribution in [-0.4, -0.2) is 15.4 Å². The second-order valence-corrected chi connectivity index (χ2v) is 6.57. The quantitative estimate of drug-likeness (QED) is 0.659. The molecular weight excluding hydrogens is 266 g/mol. The number of aromatic nitrogens is 2. The summed E-state index contributed by atoms with van der Waals surface area (Å²) in [5.74, 6) is 0. The molecule has 0 fully saturated rings. The van der Waals surface area contributed by atoms with Crippen LogP contribution in [0.2, 0.25) is 0 Å². The minimum Gasteiger partial charge on any atom is -0.327 e. The maximum absolute atomic E-state index is 6.21. The Morgan fingerprint density at radius 3 is 2.70 bits per heavy atom. The molecule has 3 nitrogen and oxygen atoms in total. The number of unbranched alkanes of at least 4 members (excludes halogenated alkanes) is 6. The first kappa shape index (κ1) is 15.5. The molecule has 20 heavy (non-hydrogen) atoms. The van der Waals surface area contributed by atoms with Gasteiger partial charge in [0.15, 0.2) is 4.96 Å². The van der Waals surface area contributed by atoms with Crippen molar-refractivity contribution < 1.29 is 0 Å². The fourth-order valence-corrected chi connectivity index (χ4v) is 3.33. The summed E-state index contributed by atoms with van der Waals surface area (Å²) in [5, 5.41) is 2.06. The van der Waals surface area contributed by atoms with Crippen LogP contribution in [0.5, 0.6) is 0 Å². The number of imidazole rings is 1. The fraction of sp³-hybridized carbons (Fsp3) is 0.688. The van der Waals surface area contributed by atoms with Gasteiger partial charge in [-0.1, -0.05) is 51.9 Å². The van der Waals surface area contributed by atoms with Crippen LogP contribution < -0.4 is 5.73 Å². The van der Waals surface area contributed by atoms with Gasteiger partial charge in [-0.2, -0.15) is 0 Å². The molecule has 2 heterocycles. The number of fused-ring (bicyclic) bond motifs is 1. The minimum atomic E-state index is 0.259. The number of nitrogens with zero attached hydrogens (tertiary/aromatic N) is 2. The Morgan fingerprint density at radius 2 is 1.95 bits per heavy atom. The lowest BCUT2D eigenvalue weighted by molar-refractivity contribution is 0.526. The van der Waals surface area contributed by atoms with Crippen LogP contribution in [0.25, 0.3) is 4.96 Å². The van der Waals surface area contributed by atoms with E-state index in [1.165, 1.54) is 44.9 Å². The van der Waals surface area contributed by atoms with Crippen LogP contribution in [0, 0.1) is 0 Å². The third kappa shape index (κ3) is 4.91. The SMILES string of the molecule is CCCCCCCCCC(N)Cc1cn2ccsc2n1. The van der Waals surface area contributed by atoms with E-state index in [1.807, 2.05) is 0 Å². The molecule has 0 saturated heterocycles. The summed E-state index contributed by atoms with van der Waals surface area (Å²) in [4.78, 5) is 5.66. The molecule has 1 atom stereocenters. The van der Waals surface area contributed by atoms with Gasteiger partial charge in [-0.15, -0.1) is 11.3 Å². The van der Waals surface area contributed by atoms with Crippen molar-refractivity contribution >= 4 is 16.3 Å². The second kappa shape index (κ2) is 8.42. The van der Waals surface area contributed by atoms with Gasteiger partial charge in [0.1, 0.15) is 0 Å². The van der Waals surface area contributed by atoms with Gasteiger partial charge >= 0.3 is 0 Å². The molecule has 0 bridgehead atoms. The lowest BCUT2D eigenvalue weighted by Gasteiger charge is -2.09. The Morgan fingerprint density at radius 1 is 1.20 bits per heavy atom. The number of hydrogen-bond acceptors (Lipinski definition) is 3. The average molecular weight is 293 g/mol. The predicted molar refractivity (Wildman–Crippen MR) is 87.4 cm³/mol. The first-order valence-electron chi connectivity index (χ1n) is 7.96. The van der Waals surface area contributed by atoms with E-state index in [0.717, 1.165) is 23.5 Å². The first-order valence-corrected chi connectivity index (χ1v) is 8.84. The summed E-state index contributed by atoms with van der Waals surface area (Å²) in [6.07, 6.45) is 15.6. The molecule has 2 N–H and O–H groups in total. The van der Waals surface area contributed by atoms with Crippen molar-refractivity contribution in [2.24, 2.45) is 5.73 Å². The molecule has 0 aromatic carbocycles. The number of nitrogens with two attached hydrogens (primary N) is 1. The van der Waals surface area contributed by atoms with Crippen molar-refractivity contribution in [1.82, 2.24) is 9.38 Å². The lowest BCUT2D eigenvalue weighted by atomic mass is 10.0. The largest absolute Gasteiger partial charge is 0.327 e. The Kier molecular flexibility index (Phi) is 6.54. The molecule has 112 valence electrons. The van der Waals surface area contributed by atoms with Crippen molar-refractivity contribution in [3.8, 4) is 0 Å². The Balaban J connectivity index is 1.58. The summed E-state index contributed by atoms with van der Waals surface area (Å²) in [5.41, 5.74) is 7.34. The molecule has 0 aliphatic heterocycles. The van der Waals surface area contributed by atoms with Crippen LogP contribution in [0.15, 0.2) is 17.8 Å². The van der Waals surface area contributed by atoms with Crippen molar-refractivity contribution in [3.63, 3.8) is 0 Å². The minimum absolute atomic E-state index is 0.259. The van der Waals surface area contributed by atoms with Gasteiger partial charge < -0.3 is 5.73 Å². The molecular formula is C16H27N3S. The Labute approximate surface area is 126 Å². The third-order valence-electron chi connectivity index (χ3n) is 3.79. The topological polar surface area (TPSA) is 43.3 Å². The summed E-state index contributed by atoms with van der Waals surface area (Å²) >= 11 is 1.68. The van der Waals surface area contributed by atoms with Crippen molar-refractivity contribution in [2.45, 2.75) is 70.8 Å². The van der Waals surface area contributed by atoms with E-state index in [2.05, 4.69) is 34.1 Å². The van der Waals surface area contributed by atoms with Crippen LogP contribution in [-0.2, 0) is 6.42 Å². The number of rotatable bonds is 10. The molecule has 2 aromatic rings. The highest BCUT2D eigenvalue weighted by Crippen LogP contribution is 2.14. The normalized spacial score (nSPS) is 13.1. The smallest absolute Gasteiger partial charge is 0.193 e. The van der Waals surface area contributed by atoms with Gasteiger partial charge in [0.25, 0.3) is 0 Å². The molecule has 0 aliphatic carbocycles. The summed E-state index contributed by atoms with van der Waals surface area (Å²) in [7, 11) is 0. The summed E-state index contributed by atoms with van der Waals surface area (Å²) in [6.45, 7) is 2.26. The summed E-state index contributed by atoms with van der Waals surface area (Å²) < 4.78 is 2.08. The third-order valence-corrected chi connectivity index (χ3v) is 4.56. The van der Waals surface area contributed by atoms with Crippen molar-refractivity contribution in [3.05, 3.63) is 23.5 Å². The molecule has 4 heteroatoms. The highest BCUT2D eigenvalue weighted by Gasteiger charge is 2.08. The lowest BCUT2D eigenvalue weighted by Crippen LogP contribution is -2.22. The monoisotopic (exact) mass is 293 g/mol. The number of thiazole rings is 1. The van der Waals surface area contributed by atoms with E-state index in [-0.39, 0.29) is 6.04 Å². The van der Waals surface area contributed by atoms with E-state index in [1.54, 1.807) is 11.3 Å². The highest BCUT2D eigenvalue weighted by molar-refractivity contribution is 7.15. The van der Waals surface area contributed by atoms with E-state index >= 15 is 0 Å². The Hall–Kier alpha value is -0.870. The van der Waals surface area contributed by atoms with Crippen LogP contribution in [0.3, 0.4) is 0 Å². The molecule has 2 aromatic heterocycles. The molecule has 0 amide bonds. The maximum atomic E-state index is 6.21. The zero-order chi connectivity index (χ0) is 14.2. The highest BCUT2D eigenvalue weighted by atomic mass is 32.1. The van der Waals surface area contributed by atoms with Gasteiger partial charge in [-0.3, -0.25) is 4.40 Å². The molecule has 0 radical (unpaired) electrons. The maximum Gasteiger partial charge on any atom is 0.193 e. The molecule has 0 spiro atoms. The van der Waals surface area contributed by atoms with Gasteiger partial charge in [0.05, 0.1) is 5.69 Å². The van der Waals surface area contributed by atoms with Crippen LogP contribution in [0.1, 0.15) is 64.0 Å². The van der Waals surface area contributed by atoms with Crippen LogP contribution in [0.4, 0.5) is 0 Å². The van der Waals surface area contributed by atoms with E-state index in [4.69, 9.17) is 5.73 Å². The Bertz CT molecular complexity index is 460. The van der Waals surface area contributed by atoms with Gasteiger partial charge in [-0.05, 0) is 6.42 Å². The van der Waals surface area contributed by atoms with Crippen molar-refractivity contribution in [1.29, 1.82) is 0 Å². The number of hydrogen-bond donors (Lipinski definition) is 1. The standard InChI is InChI=1S/C16H27N3S/c1-2-3-4-5-6-7-8-9-14(17)12-15-13-19-10-11-20-16(19)18-15/h10-11,13-14H,2-9,12,17H2,1H3. The zero-order valence-electron chi connectivity index (χ0n) is 12.6. The second-order valence-electron chi connectivity index (χ2n) is 5.70. The summed E-state index contributed by atoms with van der Waals surface area (Å²) in [6, 6.07) is 0.259. The average Bonchev–Trinajstić information content (AvgIpc) is 2.98. The van der Waals surface area contributed by atoms with Gasteiger partial charge in [-0.25, -0.2) is 4.98 Å². The molecule has 0 aliphatic rings. The fourth-order valence-electron chi connectivity index (χ4n) is 2.61. The van der Waals surface area contributed by atoms with E-state index in [0.29, 0.717) is 0 Å². The van der Waals surface area contributed by atoms with E-state index < -0.39 is 0 Å². The van der Waals surface area contributed by atoms with Crippen LogP contribution >= 0.6 is 11.3 Å². The van der Waals surface area contributed by atoms with Gasteiger partial charge in [0, 0.05) is 30.2 Å². The molecule has 1 unspecified atom stereocenters. The predicted octanol–water partition coefficient (Wildman–Crippen LogP) is 4.41. The first-order chi connectivity index (χ1) is 9.79. The molecule has 0 saturated carbocycles. The van der Waals surface area contributed by atoms with Gasteiger partial charge in [0.2, 0.25) is 0 Å². The van der Waals surface area contributed by atoms with Crippen molar-refractivity contribution in [2.75, 3.05) is 0 Å². The van der Waals surface area contributed by atoms with E-state index in [9.17, 15) is 0 Å².